The van der Waals surface area contributed by atoms with Crippen molar-refractivity contribution in [2.75, 3.05) is 33.4 Å². The molecule has 1 aliphatic carbocycles. The van der Waals surface area contributed by atoms with Gasteiger partial charge in [-0.15, -0.1) is 0 Å². The van der Waals surface area contributed by atoms with E-state index >= 15 is 0 Å². The molecule has 0 spiro atoms. The zero-order valence-corrected chi connectivity index (χ0v) is 12.6. The maximum absolute atomic E-state index is 5.77. The lowest BCUT2D eigenvalue weighted by atomic mass is 9.79. The van der Waals surface area contributed by atoms with E-state index < -0.39 is 0 Å². The Morgan fingerprint density at radius 2 is 2.25 bits per heavy atom. The van der Waals surface area contributed by atoms with Crippen LogP contribution in [0.3, 0.4) is 0 Å². The van der Waals surface area contributed by atoms with Gasteiger partial charge in [0.25, 0.3) is 0 Å². The first-order valence-electron chi connectivity index (χ1n) is 7.56. The zero-order valence-electron chi connectivity index (χ0n) is 12.6. The predicted molar refractivity (Wildman–Crippen MR) is 76.8 cm³/mol. The van der Waals surface area contributed by atoms with Crippen molar-refractivity contribution in [1.82, 2.24) is 10.3 Å². The predicted octanol–water partition coefficient (Wildman–Crippen LogP) is 1.81. The van der Waals surface area contributed by atoms with E-state index in [9.17, 15) is 0 Å². The Morgan fingerprint density at radius 3 is 3.00 bits per heavy atom. The van der Waals surface area contributed by atoms with Gasteiger partial charge in [0.2, 0.25) is 0 Å². The van der Waals surface area contributed by atoms with E-state index in [1.54, 1.807) is 7.11 Å². The van der Waals surface area contributed by atoms with Gasteiger partial charge >= 0.3 is 0 Å². The minimum atomic E-state index is 0.470. The molecule has 0 saturated heterocycles. The quantitative estimate of drug-likeness (QED) is 0.663. The van der Waals surface area contributed by atoms with E-state index in [0.717, 1.165) is 63.6 Å². The summed E-state index contributed by atoms with van der Waals surface area (Å²) in [6, 6.07) is 0. The summed E-state index contributed by atoms with van der Waals surface area (Å²) in [4.78, 5) is 4.33. The molecule has 1 aromatic rings. The maximum Gasteiger partial charge on any atom is 0.195 e. The molecule has 5 heteroatoms. The second-order valence-electron chi connectivity index (χ2n) is 5.33. The third-order valence-corrected chi connectivity index (χ3v) is 3.68. The summed E-state index contributed by atoms with van der Waals surface area (Å²) in [5.74, 6) is 2.54. The molecule has 0 amide bonds. The molecule has 114 valence electrons. The summed E-state index contributed by atoms with van der Waals surface area (Å²) in [6.07, 6.45) is 6.48. The molecule has 1 saturated carbocycles. The maximum atomic E-state index is 5.77. The minimum Gasteiger partial charge on any atom is -0.446 e. The molecule has 1 fully saturated rings. The SMILES string of the molecule is CCOC1CC(Cc2cnc(CCNCCOC)o2)C1. The van der Waals surface area contributed by atoms with Gasteiger partial charge in [-0.3, -0.25) is 0 Å². The van der Waals surface area contributed by atoms with Crippen LogP contribution in [0.2, 0.25) is 0 Å². The summed E-state index contributed by atoms with van der Waals surface area (Å²) in [5, 5.41) is 3.29. The fraction of sp³-hybridized carbons (Fsp3) is 0.800. The number of rotatable bonds is 10. The molecule has 1 heterocycles. The van der Waals surface area contributed by atoms with Gasteiger partial charge in [-0.25, -0.2) is 4.98 Å². The molecular formula is C15H26N2O3. The standard InChI is InChI=1S/C15H26N2O3/c1-3-19-13-8-12(9-13)10-14-11-17-15(20-14)4-5-16-6-7-18-2/h11-13,16H,3-10H2,1-2H3. The van der Waals surface area contributed by atoms with Crippen LogP contribution in [0.4, 0.5) is 0 Å². The Labute approximate surface area is 121 Å². The number of ether oxygens (including phenoxy) is 2. The Hall–Kier alpha value is -0.910. The van der Waals surface area contributed by atoms with Crippen molar-refractivity contribution < 1.29 is 13.9 Å². The van der Waals surface area contributed by atoms with Crippen LogP contribution in [0, 0.1) is 5.92 Å². The van der Waals surface area contributed by atoms with Gasteiger partial charge in [-0.1, -0.05) is 0 Å². The minimum absolute atomic E-state index is 0.470. The van der Waals surface area contributed by atoms with Gasteiger partial charge in [-0.05, 0) is 25.7 Å². The summed E-state index contributed by atoms with van der Waals surface area (Å²) in [6.45, 7) is 5.35. The average molecular weight is 282 g/mol. The molecule has 0 unspecified atom stereocenters. The molecule has 0 aliphatic heterocycles. The summed E-state index contributed by atoms with van der Waals surface area (Å²) in [5.41, 5.74) is 0. The average Bonchev–Trinajstić information content (AvgIpc) is 2.84. The van der Waals surface area contributed by atoms with Crippen molar-refractivity contribution in [3.05, 3.63) is 17.8 Å². The van der Waals surface area contributed by atoms with Gasteiger partial charge in [0, 0.05) is 39.6 Å². The topological polar surface area (TPSA) is 56.5 Å². The molecular weight excluding hydrogens is 256 g/mol. The van der Waals surface area contributed by atoms with E-state index in [0.29, 0.717) is 12.0 Å². The lowest BCUT2D eigenvalue weighted by Gasteiger charge is -2.34. The van der Waals surface area contributed by atoms with Crippen LogP contribution >= 0.6 is 0 Å². The number of nitrogens with zero attached hydrogens (tertiary/aromatic N) is 1. The van der Waals surface area contributed by atoms with Gasteiger partial charge in [-0.2, -0.15) is 0 Å². The van der Waals surface area contributed by atoms with E-state index in [4.69, 9.17) is 13.9 Å². The van der Waals surface area contributed by atoms with Crippen LogP contribution in [0.1, 0.15) is 31.4 Å². The van der Waals surface area contributed by atoms with Crippen LogP contribution in [-0.4, -0.2) is 44.5 Å². The number of oxazole rings is 1. The Bertz CT molecular complexity index is 375. The molecule has 2 rings (SSSR count). The molecule has 5 nitrogen and oxygen atoms in total. The first kappa shape index (κ1) is 15.5. The molecule has 1 aliphatic rings. The monoisotopic (exact) mass is 282 g/mol. The van der Waals surface area contributed by atoms with E-state index in [2.05, 4.69) is 17.2 Å². The highest BCUT2D eigenvalue weighted by Gasteiger charge is 2.30. The molecule has 0 bridgehead atoms. The molecule has 0 atom stereocenters. The Balaban J connectivity index is 1.60. The summed E-state index contributed by atoms with van der Waals surface area (Å²) in [7, 11) is 1.71. The van der Waals surface area contributed by atoms with E-state index in [-0.39, 0.29) is 0 Å². The van der Waals surface area contributed by atoms with Crippen LogP contribution in [0.15, 0.2) is 10.6 Å². The third-order valence-electron chi connectivity index (χ3n) is 3.68. The number of hydrogen-bond donors (Lipinski definition) is 1. The van der Waals surface area contributed by atoms with Crippen molar-refractivity contribution in [3.63, 3.8) is 0 Å². The second kappa shape index (κ2) is 8.39. The van der Waals surface area contributed by atoms with Crippen molar-refractivity contribution >= 4 is 0 Å². The number of nitrogens with one attached hydrogen (secondary N) is 1. The van der Waals surface area contributed by atoms with Crippen molar-refractivity contribution in [3.8, 4) is 0 Å². The van der Waals surface area contributed by atoms with Crippen LogP contribution in [-0.2, 0) is 22.3 Å². The lowest BCUT2D eigenvalue weighted by Crippen LogP contribution is -2.32. The summed E-state index contributed by atoms with van der Waals surface area (Å²) < 4.78 is 16.3. The third kappa shape index (κ3) is 4.89. The molecule has 0 aromatic carbocycles. The largest absolute Gasteiger partial charge is 0.446 e. The van der Waals surface area contributed by atoms with Gasteiger partial charge in [0.15, 0.2) is 5.89 Å². The smallest absolute Gasteiger partial charge is 0.195 e. The highest BCUT2D eigenvalue weighted by Crippen LogP contribution is 2.32. The van der Waals surface area contributed by atoms with Crippen molar-refractivity contribution in [1.29, 1.82) is 0 Å². The first-order chi connectivity index (χ1) is 9.81. The normalized spacial score (nSPS) is 21.9. The van der Waals surface area contributed by atoms with E-state index in [1.165, 1.54) is 0 Å². The van der Waals surface area contributed by atoms with Crippen LogP contribution in [0.25, 0.3) is 0 Å². The van der Waals surface area contributed by atoms with Crippen LogP contribution in [0.5, 0.6) is 0 Å². The second-order valence-corrected chi connectivity index (χ2v) is 5.33. The number of methoxy groups -OCH3 is 1. The van der Waals surface area contributed by atoms with Crippen LogP contribution < -0.4 is 5.32 Å². The van der Waals surface area contributed by atoms with E-state index in [1.807, 2.05) is 6.20 Å². The number of aromatic nitrogens is 1. The fourth-order valence-electron chi connectivity index (χ4n) is 2.55. The first-order valence-corrected chi connectivity index (χ1v) is 7.56. The highest BCUT2D eigenvalue weighted by molar-refractivity contribution is 4.98. The molecule has 1 aromatic heterocycles. The molecule has 20 heavy (non-hydrogen) atoms. The highest BCUT2D eigenvalue weighted by atomic mass is 16.5. The van der Waals surface area contributed by atoms with Gasteiger partial charge in [0.05, 0.1) is 18.9 Å². The lowest BCUT2D eigenvalue weighted by molar-refractivity contribution is -0.0252. The van der Waals surface area contributed by atoms with Gasteiger partial charge < -0.3 is 19.2 Å². The Morgan fingerprint density at radius 1 is 1.40 bits per heavy atom. The van der Waals surface area contributed by atoms with Crippen molar-refractivity contribution in [2.45, 2.75) is 38.7 Å². The number of hydrogen-bond acceptors (Lipinski definition) is 5. The van der Waals surface area contributed by atoms with Gasteiger partial charge in [0.1, 0.15) is 5.76 Å². The zero-order chi connectivity index (χ0) is 14.2. The fourth-order valence-corrected chi connectivity index (χ4v) is 2.55. The van der Waals surface area contributed by atoms with Crippen molar-refractivity contribution in [2.24, 2.45) is 5.92 Å². The molecule has 0 radical (unpaired) electrons. The Kier molecular flexibility index (Phi) is 6.50. The molecule has 1 N–H and O–H groups in total. The summed E-state index contributed by atoms with van der Waals surface area (Å²) >= 11 is 0.